The van der Waals surface area contributed by atoms with E-state index in [1.807, 2.05) is 0 Å². The number of β-amino-alcohol motifs (C(OH)–C–C–N with tert-alkyl or cyclic N) is 1. The van der Waals surface area contributed by atoms with Crippen LogP contribution in [0.4, 0.5) is 0 Å². The van der Waals surface area contributed by atoms with Gasteiger partial charge in [0.1, 0.15) is 11.6 Å². The summed E-state index contributed by atoms with van der Waals surface area (Å²) in [6.45, 7) is 4.39. The number of likely N-dealkylation sites (tertiary alicyclic amines) is 1. The third-order valence-corrected chi connectivity index (χ3v) is 6.03. The number of esters is 1. The van der Waals surface area contributed by atoms with Crippen molar-refractivity contribution in [3.8, 4) is 0 Å². The fraction of sp³-hybridized carbons (Fsp3) is 0.842. The number of hydrogen-bond donors (Lipinski definition) is 2. The Balaban J connectivity index is 1.85. The van der Waals surface area contributed by atoms with Crippen molar-refractivity contribution in [2.24, 2.45) is 11.8 Å². The minimum absolute atomic E-state index is 0.0493. The summed E-state index contributed by atoms with van der Waals surface area (Å²) in [6, 6.07) is -0.812. The van der Waals surface area contributed by atoms with Gasteiger partial charge in [0.25, 0.3) is 0 Å². The first-order valence-electron chi connectivity index (χ1n) is 10.0. The molecule has 8 heteroatoms. The summed E-state index contributed by atoms with van der Waals surface area (Å²) >= 11 is 0. The zero-order chi connectivity index (χ0) is 19.6. The Bertz CT molecular complexity index is 597. The molecule has 2 bridgehead atoms. The van der Waals surface area contributed by atoms with Crippen molar-refractivity contribution >= 4 is 17.8 Å². The Morgan fingerprint density at radius 3 is 2.81 bits per heavy atom. The van der Waals surface area contributed by atoms with Crippen molar-refractivity contribution in [2.45, 2.75) is 63.7 Å². The summed E-state index contributed by atoms with van der Waals surface area (Å²) < 4.78 is 11.3. The first-order chi connectivity index (χ1) is 13.0. The van der Waals surface area contributed by atoms with Crippen LogP contribution in [-0.4, -0.2) is 71.8 Å². The molecule has 0 aromatic rings. The molecular weight excluding hydrogens is 352 g/mol. The van der Waals surface area contributed by atoms with Gasteiger partial charge in [-0.2, -0.15) is 0 Å². The molecule has 8 nitrogen and oxygen atoms in total. The van der Waals surface area contributed by atoms with E-state index in [1.54, 1.807) is 6.92 Å². The van der Waals surface area contributed by atoms with Gasteiger partial charge in [-0.1, -0.05) is 19.8 Å². The quantitative estimate of drug-likeness (QED) is 0.437. The first-order valence-corrected chi connectivity index (χ1v) is 10.0. The molecule has 2 amide bonds. The number of amides is 2. The van der Waals surface area contributed by atoms with E-state index in [1.165, 1.54) is 4.90 Å². The Morgan fingerprint density at radius 1 is 1.37 bits per heavy atom. The van der Waals surface area contributed by atoms with E-state index in [0.717, 1.165) is 19.3 Å². The van der Waals surface area contributed by atoms with Gasteiger partial charge in [-0.05, 0) is 26.2 Å². The van der Waals surface area contributed by atoms with E-state index in [2.05, 4.69) is 12.2 Å². The van der Waals surface area contributed by atoms with Crippen LogP contribution in [-0.2, 0) is 23.9 Å². The normalized spacial score (nSPS) is 34.0. The SMILES string of the molecule is CCCCCNC(=O)C1N(CCO)C(=O)[C@@H]2[C@@H](C(=O)OCC)[C@H]3CCC12O3. The number of aliphatic hydroxyl groups is 1. The van der Waals surface area contributed by atoms with Crippen molar-refractivity contribution in [3.63, 3.8) is 0 Å². The highest BCUT2D eigenvalue weighted by atomic mass is 16.6. The Morgan fingerprint density at radius 2 is 2.15 bits per heavy atom. The number of ether oxygens (including phenoxy) is 2. The molecule has 2 N–H and O–H groups in total. The maximum atomic E-state index is 13.1. The highest BCUT2D eigenvalue weighted by Gasteiger charge is 2.74. The lowest BCUT2D eigenvalue weighted by Gasteiger charge is -2.33. The number of nitrogens with one attached hydrogen (secondary N) is 1. The van der Waals surface area contributed by atoms with Crippen molar-refractivity contribution in [3.05, 3.63) is 0 Å². The standard InChI is InChI=1S/C19H30N2O6/c1-3-5-6-9-20-16(23)15-19-8-7-12(27-19)13(18(25)26-4-2)14(19)17(24)21(15)10-11-22/h12-15,22H,3-11H2,1-2H3,(H,20,23)/t12-,13+,14+,15?,19?/m1/s1. The Labute approximate surface area is 159 Å². The predicted octanol–water partition coefficient (Wildman–Crippen LogP) is 0.223. The van der Waals surface area contributed by atoms with Crippen LogP contribution in [0.3, 0.4) is 0 Å². The monoisotopic (exact) mass is 382 g/mol. The molecule has 0 aromatic carbocycles. The molecule has 0 aliphatic carbocycles. The maximum Gasteiger partial charge on any atom is 0.312 e. The minimum Gasteiger partial charge on any atom is -0.466 e. The van der Waals surface area contributed by atoms with Crippen LogP contribution in [0.2, 0.25) is 0 Å². The molecule has 3 saturated heterocycles. The summed E-state index contributed by atoms with van der Waals surface area (Å²) in [5, 5.41) is 12.3. The molecule has 3 rings (SSSR count). The number of unbranched alkanes of at least 4 members (excludes halogenated alkanes) is 2. The summed E-state index contributed by atoms with van der Waals surface area (Å²) in [6.07, 6.45) is 3.73. The number of hydrogen-bond acceptors (Lipinski definition) is 6. The topological polar surface area (TPSA) is 105 Å². The number of nitrogens with zero attached hydrogens (tertiary/aromatic N) is 1. The number of rotatable bonds is 9. The average molecular weight is 382 g/mol. The molecule has 3 fully saturated rings. The van der Waals surface area contributed by atoms with Crippen LogP contribution in [0.25, 0.3) is 0 Å². The van der Waals surface area contributed by atoms with Gasteiger partial charge < -0.3 is 24.8 Å². The molecule has 3 aliphatic heterocycles. The van der Waals surface area contributed by atoms with E-state index in [0.29, 0.717) is 19.4 Å². The third-order valence-electron chi connectivity index (χ3n) is 6.03. The van der Waals surface area contributed by atoms with Gasteiger partial charge in [0.2, 0.25) is 11.8 Å². The zero-order valence-corrected chi connectivity index (χ0v) is 16.1. The van der Waals surface area contributed by atoms with Crippen LogP contribution < -0.4 is 5.32 Å². The molecule has 5 atom stereocenters. The van der Waals surface area contributed by atoms with E-state index >= 15 is 0 Å². The zero-order valence-electron chi connectivity index (χ0n) is 16.1. The number of carbonyl (C=O) groups is 3. The second-order valence-electron chi connectivity index (χ2n) is 7.56. The highest BCUT2D eigenvalue weighted by molar-refractivity contribution is 5.98. The lowest BCUT2D eigenvalue weighted by atomic mass is 9.71. The average Bonchev–Trinajstić information content (AvgIpc) is 3.27. The van der Waals surface area contributed by atoms with Crippen LogP contribution in [0.15, 0.2) is 0 Å². The molecular formula is C19H30N2O6. The number of fused-ring (bicyclic) bond motifs is 1. The van der Waals surface area contributed by atoms with Crippen molar-refractivity contribution in [1.29, 1.82) is 0 Å². The molecule has 3 aliphatic rings. The molecule has 0 saturated carbocycles. The largest absolute Gasteiger partial charge is 0.466 e. The van der Waals surface area contributed by atoms with Crippen LogP contribution in [0.1, 0.15) is 46.0 Å². The molecule has 0 aromatic heterocycles. The van der Waals surface area contributed by atoms with Crippen LogP contribution in [0.5, 0.6) is 0 Å². The van der Waals surface area contributed by atoms with Gasteiger partial charge in [-0.25, -0.2) is 0 Å². The highest BCUT2D eigenvalue weighted by Crippen LogP contribution is 2.58. The predicted molar refractivity (Wildman–Crippen MR) is 95.6 cm³/mol. The summed E-state index contributed by atoms with van der Waals surface area (Å²) in [7, 11) is 0. The van der Waals surface area contributed by atoms with E-state index in [4.69, 9.17) is 9.47 Å². The fourth-order valence-corrected chi connectivity index (χ4v) is 4.99. The van der Waals surface area contributed by atoms with Crippen molar-refractivity contribution in [2.75, 3.05) is 26.3 Å². The van der Waals surface area contributed by atoms with E-state index < -0.39 is 29.4 Å². The molecule has 2 unspecified atom stereocenters. The second kappa shape index (κ2) is 8.14. The first kappa shape index (κ1) is 20.1. The third kappa shape index (κ3) is 3.23. The molecule has 1 spiro atoms. The van der Waals surface area contributed by atoms with Crippen molar-refractivity contribution in [1.82, 2.24) is 10.2 Å². The van der Waals surface area contributed by atoms with E-state index in [9.17, 15) is 19.5 Å². The van der Waals surface area contributed by atoms with Crippen LogP contribution >= 0.6 is 0 Å². The summed E-state index contributed by atoms with van der Waals surface area (Å²) in [5.41, 5.74) is -0.997. The Kier molecular flexibility index (Phi) is 6.05. The smallest absolute Gasteiger partial charge is 0.312 e. The van der Waals surface area contributed by atoms with Gasteiger partial charge >= 0.3 is 5.97 Å². The minimum atomic E-state index is -0.997. The van der Waals surface area contributed by atoms with E-state index in [-0.39, 0.29) is 37.7 Å². The van der Waals surface area contributed by atoms with Gasteiger partial charge in [0.15, 0.2) is 0 Å². The lowest BCUT2D eigenvalue weighted by molar-refractivity contribution is -0.154. The van der Waals surface area contributed by atoms with Gasteiger partial charge in [-0.15, -0.1) is 0 Å². The number of carbonyl (C=O) groups excluding carboxylic acids is 3. The van der Waals surface area contributed by atoms with Gasteiger partial charge in [-0.3, -0.25) is 14.4 Å². The fourth-order valence-electron chi connectivity index (χ4n) is 4.99. The molecule has 0 radical (unpaired) electrons. The second-order valence-corrected chi connectivity index (χ2v) is 7.56. The van der Waals surface area contributed by atoms with Crippen LogP contribution in [0, 0.1) is 11.8 Å². The lowest BCUT2D eigenvalue weighted by Crippen LogP contribution is -2.55. The Hall–Kier alpha value is -1.67. The summed E-state index contributed by atoms with van der Waals surface area (Å²) in [5.74, 6) is -2.38. The molecule has 3 heterocycles. The van der Waals surface area contributed by atoms with Gasteiger partial charge in [0.05, 0.1) is 31.2 Å². The molecule has 27 heavy (non-hydrogen) atoms. The number of aliphatic hydroxyl groups excluding tert-OH is 1. The molecule has 152 valence electrons. The maximum absolute atomic E-state index is 13.1. The van der Waals surface area contributed by atoms with Gasteiger partial charge in [0, 0.05) is 13.1 Å². The summed E-state index contributed by atoms with van der Waals surface area (Å²) in [4.78, 5) is 40.0. The van der Waals surface area contributed by atoms with Crippen molar-refractivity contribution < 1.29 is 29.0 Å².